The fraction of sp³-hybridized carbons (Fsp3) is 0.333. The molecule has 0 spiro atoms. The zero-order chi connectivity index (χ0) is 18.7. The van der Waals surface area contributed by atoms with E-state index in [4.69, 9.17) is 0 Å². The van der Waals surface area contributed by atoms with Crippen LogP contribution in [0.15, 0.2) is 41.4 Å². The number of unbranched alkanes of at least 4 members (excludes halogenated alkanes) is 1. The van der Waals surface area contributed by atoms with Gasteiger partial charge < -0.3 is 10.2 Å². The summed E-state index contributed by atoms with van der Waals surface area (Å²) in [4.78, 5) is 17.6. The van der Waals surface area contributed by atoms with Crippen LogP contribution in [0.3, 0.4) is 0 Å². The van der Waals surface area contributed by atoms with Crippen molar-refractivity contribution in [2.24, 2.45) is 0 Å². The van der Waals surface area contributed by atoms with Gasteiger partial charge in [-0.3, -0.25) is 9.52 Å². The van der Waals surface area contributed by atoms with E-state index >= 15 is 0 Å². The minimum Gasteiger partial charge on any atom is -0.384 e. The number of anilines is 3. The Kier molecular flexibility index (Phi) is 5.13. The zero-order valence-corrected chi connectivity index (χ0v) is 15.6. The van der Waals surface area contributed by atoms with Crippen LogP contribution in [0.2, 0.25) is 0 Å². The van der Waals surface area contributed by atoms with Gasteiger partial charge in [0, 0.05) is 19.3 Å². The summed E-state index contributed by atoms with van der Waals surface area (Å²) in [5.74, 6) is 0.204. The van der Waals surface area contributed by atoms with Crippen LogP contribution in [0.25, 0.3) is 0 Å². The molecule has 0 unspecified atom stereocenters. The Balaban J connectivity index is 1.73. The first-order valence-electron chi connectivity index (χ1n) is 8.53. The van der Waals surface area contributed by atoms with Crippen LogP contribution in [-0.2, 0) is 21.2 Å². The van der Waals surface area contributed by atoms with Gasteiger partial charge in [-0.25, -0.2) is 13.4 Å². The highest BCUT2D eigenvalue weighted by atomic mass is 32.2. The van der Waals surface area contributed by atoms with Gasteiger partial charge in [0.1, 0.15) is 5.82 Å². The van der Waals surface area contributed by atoms with Crippen molar-refractivity contribution in [1.82, 2.24) is 4.98 Å². The first-order valence-corrected chi connectivity index (χ1v) is 10.0. The van der Waals surface area contributed by atoms with Crippen molar-refractivity contribution >= 4 is 33.1 Å². The molecule has 1 aliphatic rings. The number of benzene rings is 1. The third-order valence-electron chi connectivity index (χ3n) is 4.30. The van der Waals surface area contributed by atoms with Crippen LogP contribution in [0.4, 0.5) is 17.2 Å². The molecule has 1 amide bonds. The highest BCUT2D eigenvalue weighted by Crippen LogP contribution is 2.30. The molecule has 0 saturated carbocycles. The fourth-order valence-corrected chi connectivity index (χ4v) is 3.84. The smallest absolute Gasteiger partial charge is 0.263 e. The molecule has 2 N–H and O–H groups in total. The number of nitrogens with zero attached hydrogens (tertiary/aromatic N) is 2. The molecule has 26 heavy (non-hydrogen) atoms. The van der Waals surface area contributed by atoms with Gasteiger partial charge in [-0.2, -0.15) is 0 Å². The van der Waals surface area contributed by atoms with E-state index in [0.717, 1.165) is 30.8 Å². The number of hydrogen-bond acceptors (Lipinski definition) is 5. The minimum atomic E-state index is -3.77. The number of carbonyl (C=O) groups is 1. The van der Waals surface area contributed by atoms with Gasteiger partial charge >= 0.3 is 0 Å². The normalized spacial score (nSPS) is 13.6. The summed E-state index contributed by atoms with van der Waals surface area (Å²) in [5.41, 5.74) is 2.30. The maximum atomic E-state index is 12.6. The summed E-state index contributed by atoms with van der Waals surface area (Å²) in [6, 6.07) is 8.10. The molecule has 0 fully saturated rings. The summed E-state index contributed by atoms with van der Waals surface area (Å²) in [6.07, 6.45) is 3.97. The van der Waals surface area contributed by atoms with Crippen molar-refractivity contribution in [3.63, 3.8) is 0 Å². The number of pyridine rings is 1. The molecule has 1 aliphatic heterocycles. The molecule has 0 bridgehead atoms. The molecule has 2 heterocycles. The maximum absolute atomic E-state index is 12.6. The lowest BCUT2D eigenvalue weighted by Gasteiger charge is -2.12. The average molecular weight is 374 g/mol. The summed E-state index contributed by atoms with van der Waals surface area (Å²) in [6.45, 7) is 2.97. The van der Waals surface area contributed by atoms with E-state index < -0.39 is 10.0 Å². The molecule has 1 aromatic heterocycles. The molecular weight excluding hydrogens is 352 g/mol. The van der Waals surface area contributed by atoms with Crippen molar-refractivity contribution in [2.75, 3.05) is 28.5 Å². The van der Waals surface area contributed by atoms with Crippen LogP contribution in [0.5, 0.6) is 0 Å². The summed E-state index contributed by atoms with van der Waals surface area (Å²) < 4.78 is 27.7. The van der Waals surface area contributed by atoms with Gasteiger partial charge in [-0.15, -0.1) is 0 Å². The summed E-state index contributed by atoms with van der Waals surface area (Å²) in [5, 5.41) is 3.23. The van der Waals surface area contributed by atoms with E-state index in [9.17, 15) is 13.2 Å². The Hall–Kier alpha value is -2.61. The van der Waals surface area contributed by atoms with Gasteiger partial charge in [-0.1, -0.05) is 13.3 Å². The van der Waals surface area contributed by atoms with Crippen molar-refractivity contribution in [1.29, 1.82) is 0 Å². The molecule has 7 nitrogen and oxygen atoms in total. The molecule has 1 aromatic carbocycles. The third kappa shape index (κ3) is 3.80. The Morgan fingerprint density at radius 3 is 2.73 bits per heavy atom. The first kappa shape index (κ1) is 18.2. The second-order valence-electron chi connectivity index (χ2n) is 6.24. The molecule has 0 saturated heterocycles. The number of fused-ring (bicyclic) bond motifs is 1. The predicted molar refractivity (Wildman–Crippen MR) is 102 cm³/mol. The Morgan fingerprint density at radius 2 is 2.04 bits per heavy atom. The average Bonchev–Trinajstić information content (AvgIpc) is 2.90. The molecular formula is C18H22N4O3S. The van der Waals surface area contributed by atoms with Gasteiger partial charge in [-0.05, 0) is 42.3 Å². The van der Waals surface area contributed by atoms with Gasteiger partial charge in [0.2, 0.25) is 5.91 Å². The summed E-state index contributed by atoms with van der Waals surface area (Å²) in [7, 11) is -2.09. The van der Waals surface area contributed by atoms with E-state index in [1.165, 1.54) is 11.0 Å². The molecule has 2 aromatic rings. The fourth-order valence-electron chi connectivity index (χ4n) is 2.78. The third-order valence-corrected chi connectivity index (χ3v) is 5.65. The second kappa shape index (κ2) is 7.33. The predicted octanol–water partition coefficient (Wildman–Crippen LogP) is 2.61. The number of amides is 1. The van der Waals surface area contributed by atoms with E-state index in [0.29, 0.717) is 5.56 Å². The number of nitrogens with one attached hydrogen (secondary N) is 2. The topological polar surface area (TPSA) is 91.4 Å². The van der Waals surface area contributed by atoms with Crippen molar-refractivity contribution < 1.29 is 13.2 Å². The van der Waals surface area contributed by atoms with E-state index in [1.54, 1.807) is 37.5 Å². The lowest BCUT2D eigenvalue weighted by atomic mass is 10.2. The largest absolute Gasteiger partial charge is 0.384 e. The Bertz CT molecular complexity index is 911. The zero-order valence-electron chi connectivity index (χ0n) is 14.8. The Labute approximate surface area is 153 Å². The van der Waals surface area contributed by atoms with Crippen LogP contribution in [0.1, 0.15) is 25.3 Å². The number of sulfonamides is 1. The number of carbonyl (C=O) groups excluding carboxylic acids is 1. The standard InChI is InChI=1S/C18H22N4O3S/c1-3-4-9-19-14-5-8-17(20-12-14)21-26(24,25)15-6-7-16-13(10-15)11-18(23)22(16)2/h5-8,10,12,19H,3-4,9,11H2,1-2H3,(H,20,21). The highest BCUT2D eigenvalue weighted by molar-refractivity contribution is 7.92. The maximum Gasteiger partial charge on any atom is 0.263 e. The Morgan fingerprint density at radius 1 is 1.23 bits per heavy atom. The van der Waals surface area contributed by atoms with E-state index in [2.05, 4.69) is 21.9 Å². The monoisotopic (exact) mass is 374 g/mol. The molecule has 0 atom stereocenters. The van der Waals surface area contributed by atoms with E-state index in [1.807, 2.05) is 0 Å². The van der Waals surface area contributed by atoms with Crippen LogP contribution in [-0.4, -0.2) is 32.9 Å². The van der Waals surface area contributed by atoms with Crippen LogP contribution in [0, 0.1) is 0 Å². The quantitative estimate of drug-likeness (QED) is 0.727. The van der Waals surface area contributed by atoms with Gasteiger partial charge in [0.05, 0.1) is 23.2 Å². The first-order chi connectivity index (χ1) is 12.4. The molecule has 8 heteroatoms. The number of likely N-dealkylation sites (N-methyl/N-ethyl adjacent to an activating group) is 1. The minimum absolute atomic E-state index is 0.0460. The van der Waals surface area contributed by atoms with Crippen molar-refractivity contribution in [3.05, 3.63) is 42.1 Å². The van der Waals surface area contributed by atoms with Crippen molar-refractivity contribution in [2.45, 2.75) is 31.1 Å². The lowest BCUT2D eigenvalue weighted by Crippen LogP contribution is -2.20. The summed E-state index contributed by atoms with van der Waals surface area (Å²) >= 11 is 0. The highest BCUT2D eigenvalue weighted by Gasteiger charge is 2.26. The number of hydrogen-bond donors (Lipinski definition) is 2. The van der Waals surface area contributed by atoms with Crippen molar-refractivity contribution in [3.8, 4) is 0 Å². The molecule has 3 rings (SSSR count). The number of aromatic nitrogens is 1. The van der Waals surface area contributed by atoms with Crippen LogP contribution >= 0.6 is 0 Å². The van der Waals surface area contributed by atoms with Crippen LogP contribution < -0.4 is 14.9 Å². The lowest BCUT2D eigenvalue weighted by molar-refractivity contribution is -0.117. The SMILES string of the molecule is CCCCNc1ccc(NS(=O)(=O)c2ccc3c(c2)CC(=O)N3C)nc1. The van der Waals surface area contributed by atoms with Gasteiger partial charge in [0.25, 0.3) is 10.0 Å². The number of rotatable bonds is 7. The van der Waals surface area contributed by atoms with Gasteiger partial charge in [0.15, 0.2) is 0 Å². The molecule has 0 aliphatic carbocycles. The molecule has 0 radical (unpaired) electrons. The van der Waals surface area contributed by atoms with E-state index in [-0.39, 0.29) is 23.0 Å². The second-order valence-corrected chi connectivity index (χ2v) is 7.92. The molecule has 138 valence electrons.